The lowest BCUT2D eigenvalue weighted by Crippen LogP contribution is -2.56. The fraction of sp³-hybridized carbons (Fsp3) is 0.565. The first-order chi connectivity index (χ1) is 14.3. The van der Waals surface area contributed by atoms with Gasteiger partial charge in [0.1, 0.15) is 6.10 Å². The van der Waals surface area contributed by atoms with E-state index in [0.717, 1.165) is 30.4 Å². The molecule has 30 heavy (non-hydrogen) atoms. The number of benzene rings is 1. The minimum atomic E-state index is -0.340. The van der Waals surface area contributed by atoms with Crippen molar-refractivity contribution in [3.8, 4) is 11.5 Å². The Bertz CT molecular complexity index is 803. The summed E-state index contributed by atoms with van der Waals surface area (Å²) in [5.74, 6) is 0.835. The van der Waals surface area contributed by atoms with Crippen LogP contribution in [-0.2, 0) is 16.1 Å². The van der Waals surface area contributed by atoms with Gasteiger partial charge in [0.25, 0.3) is 0 Å². The highest BCUT2D eigenvalue weighted by Gasteiger charge is 2.39. The molecule has 2 amide bonds. The number of phenols is 1. The van der Waals surface area contributed by atoms with Gasteiger partial charge in [-0.25, -0.2) is 4.79 Å². The van der Waals surface area contributed by atoms with E-state index in [1.165, 1.54) is 13.2 Å². The van der Waals surface area contributed by atoms with E-state index in [-0.39, 0.29) is 35.7 Å². The number of carbonyl (C=O) groups is 2. The Labute approximate surface area is 178 Å². The SMILES string of the molecule is C=C(C)C1CCC(C)CC1OC(=O)N1CC(C(=O)NCc2ccc(O)c(OC)c2)C1. The molecule has 1 aromatic carbocycles. The summed E-state index contributed by atoms with van der Waals surface area (Å²) in [7, 11) is 1.48. The summed E-state index contributed by atoms with van der Waals surface area (Å²) in [6.45, 7) is 9.30. The molecule has 3 atom stereocenters. The maximum Gasteiger partial charge on any atom is 0.410 e. The number of likely N-dealkylation sites (tertiary alicyclic amines) is 1. The highest BCUT2D eigenvalue weighted by molar-refractivity contribution is 5.82. The highest BCUT2D eigenvalue weighted by atomic mass is 16.6. The standard InChI is InChI=1S/C23H32N2O5/c1-14(2)18-7-5-15(3)9-20(18)30-23(28)25-12-17(13-25)22(27)24-11-16-6-8-19(26)21(10-16)29-4/h6,8,10,15,17-18,20,26H,1,5,7,9,11-13H2,2-4H3,(H,24,27). The first-order valence-electron chi connectivity index (χ1n) is 10.5. The van der Waals surface area contributed by atoms with Gasteiger partial charge in [-0.05, 0) is 49.8 Å². The van der Waals surface area contributed by atoms with E-state index in [1.54, 1.807) is 17.0 Å². The van der Waals surface area contributed by atoms with Crippen molar-refractivity contribution < 1.29 is 24.2 Å². The molecule has 3 unspecified atom stereocenters. The topological polar surface area (TPSA) is 88.1 Å². The number of carbonyl (C=O) groups excluding carboxylic acids is 2. The van der Waals surface area contributed by atoms with Gasteiger partial charge in [0.05, 0.1) is 13.0 Å². The fourth-order valence-electron chi connectivity index (χ4n) is 4.19. The lowest BCUT2D eigenvalue weighted by atomic mass is 9.78. The highest BCUT2D eigenvalue weighted by Crippen LogP contribution is 2.35. The zero-order chi connectivity index (χ0) is 21.8. The third kappa shape index (κ3) is 5.07. The zero-order valence-electron chi connectivity index (χ0n) is 18.0. The van der Waals surface area contributed by atoms with Crippen LogP contribution in [0.5, 0.6) is 11.5 Å². The third-order valence-electron chi connectivity index (χ3n) is 6.16. The number of rotatable bonds is 6. The zero-order valence-corrected chi connectivity index (χ0v) is 18.0. The van der Waals surface area contributed by atoms with Crippen LogP contribution in [0.4, 0.5) is 4.79 Å². The number of aromatic hydroxyl groups is 1. The molecular formula is C23H32N2O5. The van der Waals surface area contributed by atoms with Gasteiger partial charge in [0, 0.05) is 25.6 Å². The van der Waals surface area contributed by atoms with E-state index in [0.29, 0.717) is 31.3 Å². The van der Waals surface area contributed by atoms with Crippen molar-refractivity contribution in [3.63, 3.8) is 0 Å². The van der Waals surface area contributed by atoms with Crippen LogP contribution in [-0.4, -0.2) is 48.3 Å². The summed E-state index contributed by atoms with van der Waals surface area (Å²) >= 11 is 0. The second-order valence-corrected chi connectivity index (χ2v) is 8.62. The second kappa shape index (κ2) is 9.41. The molecule has 7 heteroatoms. The molecule has 1 heterocycles. The molecule has 0 aromatic heterocycles. The largest absolute Gasteiger partial charge is 0.504 e. The molecule has 0 bridgehead atoms. The minimum Gasteiger partial charge on any atom is -0.504 e. The maximum absolute atomic E-state index is 12.5. The predicted octanol–water partition coefficient (Wildman–Crippen LogP) is 3.47. The number of ether oxygens (including phenoxy) is 2. The Morgan fingerprint density at radius 1 is 1.30 bits per heavy atom. The second-order valence-electron chi connectivity index (χ2n) is 8.62. The average Bonchev–Trinajstić information content (AvgIpc) is 2.66. The van der Waals surface area contributed by atoms with E-state index in [9.17, 15) is 14.7 Å². The maximum atomic E-state index is 12.5. The van der Waals surface area contributed by atoms with Crippen molar-refractivity contribution in [2.24, 2.45) is 17.8 Å². The molecular weight excluding hydrogens is 384 g/mol. The van der Waals surface area contributed by atoms with E-state index in [2.05, 4.69) is 18.8 Å². The minimum absolute atomic E-state index is 0.0574. The summed E-state index contributed by atoms with van der Waals surface area (Å²) in [6, 6.07) is 4.95. The number of hydrogen-bond acceptors (Lipinski definition) is 5. The van der Waals surface area contributed by atoms with Crippen LogP contribution in [0.25, 0.3) is 0 Å². The number of methoxy groups -OCH3 is 1. The predicted molar refractivity (Wildman–Crippen MR) is 113 cm³/mol. The van der Waals surface area contributed by atoms with Gasteiger partial charge in [-0.3, -0.25) is 4.79 Å². The van der Waals surface area contributed by atoms with Crippen LogP contribution in [0.2, 0.25) is 0 Å². The van der Waals surface area contributed by atoms with Crippen LogP contribution in [0, 0.1) is 17.8 Å². The number of nitrogens with zero attached hydrogens (tertiary/aromatic N) is 1. The van der Waals surface area contributed by atoms with Gasteiger partial charge in [-0.2, -0.15) is 0 Å². The average molecular weight is 417 g/mol. The van der Waals surface area contributed by atoms with Gasteiger partial charge in [-0.15, -0.1) is 0 Å². The molecule has 3 rings (SSSR count). The number of nitrogens with one attached hydrogen (secondary N) is 1. The quantitative estimate of drug-likeness (QED) is 0.694. The lowest BCUT2D eigenvalue weighted by Gasteiger charge is -2.40. The molecule has 2 N–H and O–H groups in total. The van der Waals surface area contributed by atoms with E-state index >= 15 is 0 Å². The fourth-order valence-corrected chi connectivity index (χ4v) is 4.19. The monoisotopic (exact) mass is 416 g/mol. The first kappa shape index (κ1) is 22.0. The summed E-state index contributed by atoms with van der Waals surface area (Å²) in [4.78, 5) is 26.5. The van der Waals surface area contributed by atoms with E-state index in [1.807, 2.05) is 6.92 Å². The van der Waals surface area contributed by atoms with Gasteiger partial charge < -0.3 is 24.8 Å². The van der Waals surface area contributed by atoms with Gasteiger partial charge in [-0.1, -0.05) is 25.1 Å². The van der Waals surface area contributed by atoms with Crippen LogP contribution >= 0.6 is 0 Å². The van der Waals surface area contributed by atoms with Crippen molar-refractivity contribution in [2.45, 2.75) is 45.8 Å². The van der Waals surface area contributed by atoms with E-state index in [4.69, 9.17) is 9.47 Å². The summed E-state index contributed by atoms with van der Waals surface area (Å²) < 4.78 is 10.9. The Morgan fingerprint density at radius 2 is 2.03 bits per heavy atom. The Kier molecular flexibility index (Phi) is 6.90. The lowest BCUT2D eigenvalue weighted by molar-refractivity contribution is -0.129. The van der Waals surface area contributed by atoms with Crippen molar-refractivity contribution in [1.82, 2.24) is 10.2 Å². The molecule has 1 aliphatic carbocycles. The molecule has 2 aliphatic rings. The Hall–Kier alpha value is -2.70. The van der Waals surface area contributed by atoms with Crippen LogP contribution in [0.3, 0.4) is 0 Å². The molecule has 0 spiro atoms. The Balaban J connectivity index is 1.45. The van der Waals surface area contributed by atoms with Crippen LogP contribution in [0.1, 0.15) is 38.7 Å². The molecule has 1 aliphatic heterocycles. The van der Waals surface area contributed by atoms with Gasteiger partial charge in [0.2, 0.25) is 5.91 Å². The van der Waals surface area contributed by atoms with Crippen LogP contribution < -0.4 is 10.1 Å². The Morgan fingerprint density at radius 3 is 2.70 bits per heavy atom. The number of hydrogen-bond donors (Lipinski definition) is 2. The van der Waals surface area contributed by atoms with Crippen molar-refractivity contribution in [2.75, 3.05) is 20.2 Å². The molecule has 1 aromatic rings. The summed E-state index contributed by atoms with van der Waals surface area (Å²) in [5.41, 5.74) is 1.89. The first-order valence-corrected chi connectivity index (χ1v) is 10.5. The molecule has 1 saturated carbocycles. The normalized spacial score (nSPS) is 24.0. The third-order valence-corrected chi connectivity index (χ3v) is 6.16. The van der Waals surface area contributed by atoms with Gasteiger partial charge >= 0.3 is 6.09 Å². The molecule has 7 nitrogen and oxygen atoms in total. The number of phenolic OH excluding ortho intramolecular Hbond substituents is 1. The van der Waals surface area contributed by atoms with Crippen molar-refractivity contribution in [1.29, 1.82) is 0 Å². The number of amides is 2. The molecule has 0 radical (unpaired) electrons. The summed E-state index contributed by atoms with van der Waals surface area (Å²) in [6.07, 6.45) is 2.52. The molecule has 1 saturated heterocycles. The molecule has 2 fully saturated rings. The van der Waals surface area contributed by atoms with Crippen molar-refractivity contribution >= 4 is 12.0 Å². The molecule has 164 valence electrons. The van der Waals surface area contributed by atoms with E-state index < -0.39 is 0 Å². The van der Waals surface area contributed by atoms with Crippen LogP contribution in [0.15, 0.2) is 30.4 Å². The summed E-state index contributed by atoms with van der Waals surface area (Å²) in [5, 5.41) is 12.5. The smallest absolute Gasteiger partial charge is 0.410 e. The van der Waals surface area contributed by atoms with Crippen molar-refractivity contribution in [3.05, 3.63) is 35.9 Å². The van der Waals surface area contributed by atoms with Gasteiger partial charge in [0.15, 0.2) is 11.5 Å².